The fourth-order valence-electron chi connectivity index (χ4n) is 3.53. The van der Waals surface area contributed by atoms with E-state index in [4.69, 9.17) is 4.74 Å². The van der Waals surface area contributed by atoms with Gasteiger partial charge in [0.25, 0.3) is 0 Å². The molecule has 3 rings (SSSR count). The van der Waals surface area contributed by atoms with Gasteiger partial charge in [-0.2, -0.15) is 0 Å². The minimum absolute atomic E-state index is 0.163. The molecule has 1 aliphatic rings. The number of halogens is 1. The monoisotopic (exact) mass is 466 g/mol. The normalized spacial score (nSPS) is 14.6. The zero-order valence-corrected chi connectivity index (χ0v) is 18.6. The highest BCUT2D eigenvalue weighted by Crippen LogP contribution is 2.27. The van der Waals surface area contributed by atoms with Gasteiger partial charge in [-0.15, -0.1) is 0 Å². The Labute approximate surface area is 176 Å². The van der Waals surface area contributed by atoms with Crippen molar-refractivity contribution in [1.29, 1.82) is 0 Å². The lowest BCUT2D eigenvalue weighted by molar-refractivity contribution is 0.248. The summed E-state index contributed by atoms with van der Waals surface area (Å²) in [5.74, 6) is 0.348. The maximum atomic E-state index is 12.5. The van der Waals surface area contributed by atoms with Crippen LogP contribution in [0.5, 0.6) is 5.75 Å². The van der Waals surface area contributed by atoms with Gasteiger partial charge in [0, 0.05) is 24.1 Å². The largest absolute Gasteiger partial charge is 0.495 e. The minimum atomic E-state index is -3.58. The first-order chi connectivity index (χ1) is 13.5. The molecule has 0 saturated heterocycles. The van der Waals surface area contributed by atoms with Crippen molar-refractivity contribution in [2.24, 2.45) is 0 Å². The Morgan fingerprint density at radius 3 is 2.68 bits per heavy atom. The van der Waals surface area contributed by atoms with Gasteiger partial charge in [0.05, 0.1) is 7.11 Å². The molecule has 0 spiro atoms. The van der Waals surface area contributed by atoms with Gasteiger partial charge in [0.1, 0.15) is 10.6 Å². The van der Waals surface area contributed by atoms with Crippen molar-refractivity contribution < 1.29 is 13.2 Å². The number of sulfonamides is 1. The standard InChI is InChI=1S/C21H27BrN2O3S/c1-27-20-10-9-19(22)15-21(20)28(25,26)23-12-5-2-6-13-24-14-11-17-7-3-4-8-18(17)16-24/h3-4,7-10,15,23H,2,5-6,11-14,16H2,1H3. The zero-order chi connectivity index (χ0) is 20.0. The summed E-state index contributed by atoms with van der Waals surface area (Å²) in [6.07, 6.45) is 4.00. The minimum Gasteiger partial charge on any atom is -0.495 e. The van der Waals surface area contributed by atoms with E-state index in [2.05, 4.69) is 49.8 Å². The van der Waals surface area contributed by atoms with Gasteiger partial charge in [-0.25, -0.2) is 13.1 Å². The number of methoxy groups -OCH3 is 1. The van der Waals surface area contributed by atoms with Crippen molar-refractivity contribution in [3.05, 3.63) is 58.1 Å². The topological polar surface area (TPSA) is 58.6 Å². The van der Waals surface area contributed by atoms with Crippen molar-refractivity contribution in [3.63, 3.8) is 0 Å². The third kappa shape index (κ3) is 5.56. The van der Waals surface area contributed by atoms with E-state index < -0.39 is 10.0 Å². The molecule has 5 nitrogen and oxygen atoms in total. The van der Waals surface area contributed by atoms with Crippen LogP contribution in [0.3, 0.4) is 0 Å². The lowest BCUT2D eigenvalue weighted by atomic mass is 10.00. The predicted molar refractivity (Wildman–Crippen MR) is 115 cm³/mol. The second kappa shape index (κ2) is 9.87. The summed E-state index contributed by atoms with van der Waals surface area (Å²) in [6, 6.07) is 13.6. The van der Waals surface area contributed by atoms with Crippen LogP contribution >= 0.6 is 15.9 Å². The third-order valence-corrected chi connectivity index (χ3v) is 7.04. The third-order valence-electron chi connectivity index (χ3n) is 5.07. The van der Waals surface area contributed by atoms with Crippen molar-refractivity contribution in [2.75, 3.05) is 26.7 Å². The average molecular weight is 467 g/mol. The molecule has 0 aromatic heterocycles. The van der Waals surface area contributed by atoms with Gasteiger partial charge >= 0.3 is 0 Å². The highest BCUT2D eigenvalue weighted by Gasteiger charge is 2.19. The van der Waals surface area contributed by atoms with Gasteiger partial charge in [0.15, 0.2) is 0 Å². The number of benzene rings is 2. The van der Waals surface area contributed by atoms with Gasteiger partial charge in [0.2, 0.25) is 10.0 Å². The van der Waals surface area contributed by atoms with Crippen molar-refractivity contribution in [2.45, 2.75) is 37.1 Å². The van der Waals surface area contributed by atoms with Gasteiger partial charge in [-0.3, -0.25) is 4.90 Å². The molecule has 2 aromatic carbocycles. The first-order valence-corrected chi connectivity index (χ1v) is 11.9. The van der Waals surface area contributed by atoms with Crippen LogP contribution in [0.2, 0.25) is 0 Å². The molecule has 0 radical (unpaired) electrons. The lowest BCUT2D eigenvalue weighted by Gasteiger charge is -2.28. The molecule has 1 aliphatic heterocycles. The molecular weight excluding hydrogens is 440 g/mol. The Balaban J connectivity index is 1.40. The van der Waals surface area contributed by atoms with E-state index in [1.807, 2.05) is 0 Å². The van der Waals surface area contributed by atoms with Crippen LogP contribution in [0, 0.1) is 0 Å². The second-order valence-electron chi connectivity index (χ2n) is 7.05. The maximum Gasteiger partial charge on any atom is 0.244 e. The molecule has 0 amide bonds. The highest BCUT2D eigenvalue weighted by atomic mass is 79.9. The Hall–Kier alpha value is -1.41. The number of ether oxygens (including phenoxy) is 1. The smallest absolute Gasteiger partial charge is 0.244 e. The van der Waals surface area contributed by atoms with Crippen molar-refractivity contribution >= 4 is 26.0 Å². The summed E-state index contributed by atoms with van der Waals surface area (Å²) in [6.45, 7) is 3.61. The lowest BCUT2D eigenvalue weighted by Crippen LogP contribution is -2.31. The van der Waals surface area contributed by atoms with Gasteiger partial charge in [-0.05, 0) is 55.1 Å². The summed E-state index contributed by atoms with van der Waals surface area (Å²) >= 11 is 3.32. The molecule has 0 saturated carbocycles. The Morgan fingerprint density at radius 2 is 1.89 bits per heavy atom. The number of rotatable bonds is 9. The van der Waals surface area contributed by atoms with E-state index in [0.717, 1.165) is 45.3 Å². The molecule has 152 valence electrons. The van der Waals surface area contributed by atoms with E-state index in [0.29, 0.717) is 16.8 Å². The molecule has 1 heterocycles. The summed E-state index contributed by atoms with van der Waals surface area (Å²) in [5, 5.41) is 0. The number of hydrogen-bond acceptors (Lipinski definition) is 4. The van der Waals surface area contributed by atoms with Crippen LogP contribution in [0.15, 0.2) is 51.8 Å². The van der Waals surface area contributed by atoms with Gasteiger partial charge in [-0.1, -0.05) is 46.6 Å². The molecule has 0 bridgehead atoms. The molecule has 0 unspecified atom stereocenters. The SMILES string of the molecule is COc1ccc(Br)cc1S(=O)(=O)NCCCCCN1CCc2ccccc2C1. The molecule has 7 heteroatoms. The molecule has 0 aliphatic carbocycles. The average Bonchev–Trinajstić information content (AvgIpc) is 2.70. The Kier molecular flexibility index (Phi) is 7.51. The molecule has 2 aromatic rings. The molecule has 1 N–H and O–H groups in total. The van der Waals surface area contributed by atoms with Crippen LogP contribution in [0.25, 0.3) is 0 Å². The van der Waals surface area contributed by atoms with Crippen molar-refractivity contribution in [3.8, 4) is 5.75 Å². The molecular formula is C21H27BrN2O3S. The van der Waals surface area contributed by atoms with Crippen LogP contribution in [-0.2, 0) is 23.0 Å². The van der Waals surface area contributed by atoms with Crippen LogP contribution < -0.4 is 9.46 Å². The molecule has 0 atom stereocenters. The van der Waals surface area contributed by atoms with Gasteiger partial charge < -0.3 is 4.74 Å². The van der Waals surface area contributed by atoms with E-state index in [1.165, 1.54) is 18.2 Å². The summed E-state index contributed by atoms with van der Waals surface area (Å²) in [7, 11) is -2.11. The fraction of sp³-hybridized carbons (Fsp3) is 0.429. The van der Waals surface area contributed by atoms with Crippen LogP contribution in [0.4, 0.5) is 0 Å². The first-order valence-electron chi connectivity index (χ1n) is 9.62. The van der Waals surface area contributed by atoms with Crippen LogP contribution in [-0.4, -0.2) is 40.1 Å². The maximum absolute atomic E-state index is 12.5. The number of unbranched alkanes of at least 4 members (excludes halogenated alkanes) is 2. The van der Waals surface area contributed by atoms with Crippen molar-refractivity contribution in [1.82, 2.24) is 9.62 Å². The number of nitrogens with zero attached hydrogens (tertiary/aromatic N) is 1. The first kappa shape index (κ1) is 21.3. The number of hydrogen-bond donors (Lipinski definition) is 1. The summed E-state index contributed by atoms with van der Waals surface area (Å²) in [5.41, 5.74) is 2.90. The molecule has 0 fully saturated rings. The Bertz CT molecular complexity index is 902. The highest BCUT2D eigenvalue weighted by molar-refractivity contribution is 9.10. The Morgan fingerprint density at radius 1 is 1.11 bits per heavy atom. The van der Waals surface area contributed by atoms with E-state index in [1.54, 1.807) is 18.2 Å². The quantitative estimate of drug-likeness (QED) is 0.568. The zero-order valence-electron chi connectivity index (χ0n) is 16.2. The number of fused-ring (bicyclic) bond motifs is 1. The summed E-state index contributed by atoms with van der Waals surface area (Å²) in [4.78, 5) is 2.65. The summed E-state index contributed by atoms with van der Waals surface area (Å²) < 4.78 is 33.7. The number of nitrogens with one attached hydrogen (secondary N) is 1. The second-order valence-corrected chi connectivity index (χ2v) is 9.70. The van der Waals surface area contributed by atoms with E-state index >= 15 is 0 Å². The van der Waals surface area contributed by atoms with E-state index in [9.17, 15) is 8.42 Å². The van der Waals surface area contributed by atoms with E-state index in [-0.39, 0.29) is 4.90 Å². The predicted octanol–water partition coefficient (Wildman–Crippen LogP) is 3.96. The fourth-order valence-corrected chi connectivity index (χ4v) is 5.31. The van der Waals surface area contributed by atoms with Crippen LogP contribution in [0.1, 0.15) is 30.4 Å². The molecule has 28 heavy (non-hydrogen) atoms.